The molecule has 6 aliphatic rings. The molecule has 43 heavy (non-hydrogen) atoms. The van der Waals surface area contributed by atoms with Gasteiger partial charge in [-0.15, -0.1) is 0 Å². The summed E-state index contributed by atoms with van der Waals surface area (Å²) in [6.45, 7) is 8.06. The van der Waals surface area contributed by atoms with Crippen LogP contribution in [0.4, 0.5) is 0 Å². The minimum absolute atomic E-state index is 0.224. The van der Waals surface area contributed by atoms with Crippen LogP contribution >= 0.6 is 15.9 Å². The average molecular weight is 648 g/mol. The molecule has 0 amide bonds. The van der Waals surface area contributed by atoms with Crippen LogP contribution in [-0.4, -0.2) is 44.0 Å². The molecule has 0 aliphatic heterocycles. The van der Waals surface area contributed by atoms with Crippen molar-refractivity contribution in [2.75, 3.05) is 5.33 Å². The third-order valence-corrected chi connectivity index (χ3v) is 13.7. The molecule has 2 aromatic carbocycles. The number of carboxylic acid groups (broad SMARTS) is 2. The second-order valence-corrected chi connectivity index (χ2v) is 15.1. The van der Waals surface area contributed by atoms with E-state index in [-0.39, 0.29) is 28.4 Å². The van der Waals surface area contributed by atoms with Crippen molar-refractivity contribution in [3.63, 3.8) is 0 Å². The highest BCUT2D eigenvalue weighted by molar-refractivity contribution is 9.09. The maximum Gasteiger partial charge on any atom is 0.311 e. The number of aliphatic carboxylic acids is 2. The number of carbonyl (C=O) groups is 3. The van der Waals surface area contributed by atoms with Crippen LogP contribution in [0.25, 0.3) is 0 Å². The van der Waals surface area contributed by atoms with E-state index in [0.29, 0.717) is 31.0 Å². The number of aryl methyl sites for hydroxylation is 2. The number of hydrogen-bond donors (Lipinski definition) is 3. The summed E-state index contributed by atoms with van der Waals surface area (Å²) in [7, 11) is 0. The van der Waals surface area contributed by atoms with Crippen LogP contribution in [0.1, 0.15) is 108 Å². The zero-order valence-corrected chi connectivity index (χ0v) is 26.4. The Kier molecular flexibility index (Phi) is 6.31. The van der Waals surface area contributed by atoms with Gasteiger partial charge in [0.1, 0.15) is 5.78 Å². The fourth-order valence-electron chi connectivity index (χ4n) is 11.0. The van der Waals surface area contributed by atoms with Crippen LogP contribution in [0.15, 0.2) is 48.6 Å². The summed E-state index contributed by atoms with van der Waals surface area (Å²) < 4.78 is 0. The summed E-state index contributed by atoms with van der Waals surface area (Å²) in [6, 6.07) is 12.2. The van der Waals surface area contributed by atoms with Crippen molar-refractivity contribution in [1.82, 2.24) is 0 Å². The molecular formula is C36H39BrO6. The van der Waals surface area contributed by atoms with E-state index < -0.39 is 34.8 Å². The summed E-state index contributed by atoms with van der Waals surface area (Å²) in [5.74, 6) is -1.83. The van der Waals surface area contributed by atoms with E-state index in [1.807, 2.05) is 38.1 Å². The molecule has 7 heteroatoms. The van der Waals surface area contributed by atoms with Gasteiger partial charge in [-0.05, 0) is 110 Å². The molecule has 6 aliphatic carbocycles. The lowest BCUT2D eigenvalue weighted by atomic mass is 9.61. The Morgan fingerprint density at radius 1 is 0.860 bits per heavy atom. The van der Waals surface area contributed by atoms with Gasteiger partial charge in [-0.3, -0.25) is 14.4 Å². The van der Waals surface area contributed by atoms with Crippen LogP contribution in [-0.2, 0) is 14.4 Å². The van der Waals surface area contributed by atoms with Gasteiger partial charge in [0.05, 0.1) is 17.4 Å². The monoisotopic (exact) mass is 646 g/mol. The van der Waals surface area contributed by atoms with Gasteiger partial charge in [-0.2, -0.15) is 0 Å². The molecule has 3 N–H and O–H groups in total. The molecule has 2 spiro atoms. The summed E-state index contributed by atoms with van der Waals surface area (Å²) in [5, 5.41) is 31.3. The minimum atomic E-state index is -0.847. The second-order valence-electron chi connectivity index (χ2n) is 14.5. The van der Waals surface area contributed by atoms with Crippen molar-refractivity contribution in [1.29, 1.82) is 0 Å². The Morgan fingerprint density at radius 2 is 1.37 bits per heavy atom. The first-order valence-electron chi connectivity index (χ1n) is 15.5. The Labute approximate surface area is 260 Å². The van der Waals surface area contributed by atoms with Crippen molar-refractivity contribution in [3.05, 3.63) is 81.9 Å². The maximum atomic E-state index is 12.7. The van der Waals surface area contributed by atoms with Gasteiger partial charge in [0.15, 0.2) is 0 Å². The highest BCUT2D eigenvalue weighted by Gasteiger charge is 2.68. The van der Waals surface area contributed by atoms with Crippen LogP contribution in [0, 0.1) is 30.1 Å². The molecule has 6 nitrogen and oxygen atoms in total. The zero-order valence-electron chi connectivity index (χ0n) is 24.8. The predicted molar refractivity (Wildman–Crippen MR) is 166 cm³/mol. The van der Waals surface area contributed by atoms with E-state index >= 15 is 0 Å². The number of carbonyl (C=O) groups excluding carboxylic acids is 1. The summed E-state index contributed by atoms with van der Waals surface area (Å²) in [4.78, 5) is 36.9. The lowest BCUT2D eigenvalue weighted by molar-refractivity contribution is -0.144. The number of fused-ring (bicyclic) bond motifs is 6. The number of benzene rings is 2. The lowest BCUT2D eigenvalue weighted by Crippen LogP contribution is -2.39. The molecule has 4 saturated carbocycles. The normalized spacial score (nSPS) is 39.3. The molecule has 4 bridgehead atoms. The smallest absolute Gasteiger partial charge is 0.311 e. The van der Waals surface area contributed by atoms with E-state index in [1.165, 1.54) is 11.1 Å². The van der Waals surface area contributed by atoms with Crippen molar-refractivity contribution < 1.29 is 29.7 Å². The molecule has 0 saturated heterocycles. The minimum Gasteiger partial charge on any atom is -0.481 e. The van der Waals surface area contributed by atoms with Gasteiger partial charge < -0.3 is 15.3 Å². The topological polar surface area (TPSA) is 112 Å². The first kappa shape index (κ1) is 29.0. The van der Waals surface area contributed by atoms with Crippen molar-refractivity contribution in [2.24, 2.45) is 16.2 Å². The Hall–Kier alpha value is -2.77. The van der Waals surface area contributed by atoms with Gasteiger partial charge >= 0.3 is 11.9 Å². The van der Waals surface area contributed by atoms with Gasteiger partial charge in [-0.25, -0.2) is 0 Å². The van der Waals surface area contributed by atoms with Gasteiger partial charge in [0.25, 0.3) is 0 Å². The van der Waals surface area contributed by atoms with E-state index in [2.05, 4.69) is 34.6 Å². The number of Topliss-reactive ketones (excluding diaryl/α,β-unsaturated/α-hetero) is 1. The van der Waals surface area contributed by atoms with Crippen LogP contribution < -0.4 is 0 Å². The molecule has 4 fully saturated rings. The molecule has 8 atom stereocenters. The summed E-state index contributed by atoms with van der Waals surface area (Å²) >= 11 is 3.53. The number of hydrogen-bond acceptors (Lipinski definition) is 4. The molecule has 226 valence electrons. The number of alkyl halides is 1. The van der Waals surface area contributed by atoms with Crippen LogP contribution in [0.2, 0.25) is 0 Å². The SMILES string of the molecule is C=C1C[C@]23C[C@]1(O)CC[C@H]2c1cccc(C)c1[C@@H]3C(=O)O.Cc1cccc2c1[C@H](C(=O)O)[C@@]13CC(=O)[C@@](CBr)(CC[C@@H]21)C3. The van der Waals surface area contributed by atoms with E-state index in [1.54, 1.807) is 0 Å². The molecule has 8 rings (SSSR count). The van der Waals surface area contributed by atoms with Crippen molar-refractivity contribution in [3.8, 4) is 0 Å². The third-order valence-electron chi connectivity index (χ3n) is 12.7. The van der Waals surface area contributed by atoms with Crippen molar-refractivity contribution in [2.45, 2.75) is 94.5 Å². The highest BCUT2D eigenvalue weighted by Crippen LogP contribution is 2.73. The van der Waals surface area contributed by atoms with E-state index in [9.17, 15) is 29.7 Å². The molecule has 2 aromatic rings. The first-order valence-corrected chi connectivity index (χ1v) is 16.6. The molecule has 0 aromatic heterocycles. The van der Waals surface area contributed by atoms with Crippen molar-refractivity contribution >= 4 is 33.7 Å². The maximum absolute atomic E-state index is 12.7. The summed E-state index contributed by atoms with van der Waals surface area (Å²) in [5.41, 5.74) is 5.36. The predicted octanol–water partition coefficient (Wildman–Crippen LogP) is 6.91. The quantitative estimate of drug-likeness (QED) is 0.247. The van der Waals surface area contributed by atoms with Crippen LogP contribution in [0.5, 0.6) is 0 Å². The molecule has 0 unspecified atom stereocenters. The van der Waals surface area contributed by atoms with Gasteiger partial charge in [-0.1, -0.05) is 58.9 Å². The highest BCUT2D eigenvalue weighted by atomic mass is 79.9. The number of ketones is 1. The Morgan fingerprint density at radius 3 is 1.88 bits per heavy atom. The third kappa shape index (κ3) is 3.64. The molecule has 0 heterocycles. The second kappa shape index (κ2) is 9.37. The Balaban J connectivity index is 0.000000140. The lowest BCUT2D eigenvalue weighted by Gasteiger charge is -2.42. The standard InChI is InChI=1S/C18H19BrO3.C18H20O3/c1-10-3-2-4-11-12-5-6-17(9-19)8-18(12,7-13(17)20)15(14(10)11)16(21)22;1-10-4-3-5-12-13-6-7-18(21)9-17(13,8-11(18)2)15(14(10)12)16(19)20/h2-4,12,15H,5-9H2,1H3,(H,21,22);3-5,13,15,21H,2,6-9H2,1H3,(H,19,20)/t12-,15+,17-,18+;13-,15+,17-,18+/m00/s1. The molecule has 0 radical (unpaired) electrons. The Bertz CT molecular complexity index is 1610. The number of halogens is 1. The fourth-order valence-corrected chi connectivity index (χ4v) is 11.8. The largest absolute Gasteiger partial charge is 0.481 e. The van der Waals surface area contributed by atoms with Gasteiger partial charge in [0.2, 0.25) is 0 Å². The van der Waals surface area contributed by atoms with E-state index in [4.69, 9.17) is 0 Å². The van der Waals surface area contributed by atoms with Crippen LogP contribution in [0.3, 0.4) is 0 Å². The van der Waals surface area contributed by atoms with E-state index in [0.717, 1.165) is 53.5 Å². The van der Waals surface area contributed by atoms with Gasteiger partial charge in [0, 0.05) is 28.0 Å². The molecular weight excluding hydrogens is 608 g/mol. The summed E-state index contributed by atoms with van der Waals surface area (Å²) in [6.07, 6.45) is 5.70. The zero-order chi connectivity index (χ0) is 30.7. The number of carboxylic acids is 2. The number of aliphatic hydroxyl groups is 1. The fraction of sp³-hybridized carbons (Fsp3) is 0.528. The average Bonchev–Trinajstić information content (AvgIpc) is 3.55. The number of rotatable bonds is 3. The first-order chi connectivity index (χ1) is 20.3.